The van der Waals surface area contributed by atoms with Crippen LogP contribution in [0.15, 0.2) is 0 Å². The molecule has 0 aromatic rings. The average molecular weight is 722 g/mol. The number of carbonyl (C=O) groups excluding carboxylic acids is 2. The van der Waals surface area contributed by atoms with Crippen LogP contribution in [0.3, 0.4) is 0 Å². The summed E-state index contributed by atoms with van der Waals surface area (Å²) in [6, 6.07) is 0. The largest absolute Gasteiger partial charge is 0.466 e. The Kier molecular flexibility index (Phi) is 42.4. The second-order valence-electron chi connectivity index (χ2n) is 15.7. The molecule has 51 heavy (non-hydrogen) atoms. The summed E-state index contributed by atoms with van der Waals surface area (Å²) >= 11 is 0. The van der Waals surface area contributed by atoms with Gasteiger partial charge < -0.3 is 14.4 Å². The lowest BCUT2D eigenvalue weighted by molar-refractivity contribution is -0.144. The zero-order valence-corrected chi connectivity index (χ0v) is 35.1. The maximum atomic E-state index is 12.4. The predicted molar refractivity (Wildman–Crippen MR) is 222 cm³/mol. The maximum Gasteiger partial charge on any atom is 0.307 e. The molecule has 0 heterocycles. The summed E-state index contributed by atoms with van der Waals surface area (Å²) < 4.78 is 11.1. The molecule has 0 aliphatic rings. The molecule has 0 spiro atoms. The number of unbranched alkanes of at least 4 members (excludes halogenated alkanes) is 31. The first-order valence-electron chi connectivity index (χ1n) is 23.2. The summed E-state index contributed by atoms with van der Waals surface area (Å²) in [5.74, 6) is -0.216. The van der Waals surface area contributed by atoms with Crippen LogP contribution < -0.4 is 0 Å². The van der Waals surface area contributed by atoms with Crippen molar-refractivity contribution in [2.75, 3.05) is 32.8 Å². The standard InChI is InChI=1S/C46H91NO4/c1-4-7-10-12-14-16-18-20-22-24-26-28-30-32-34-36-43-50-45(48)38-41-47(40-9-6-3)42-39-46(49)51-44-37-35-33-31-29-27-25-23-21-19-17-15-13-11-8-5-2/h4-44H2,1-3H3. The van der Waals surface area contributed by atoms with E-state index in [2.05, 4.69) is 25.7 Å². The average Bonchev–Trinajstić information content (AvgIpc) is 3.13. The van der Waals surface area contributed by atoms with Crippen LogP contribution in [-0.4, -0.2) is 49.7 Å². The van der Waals surface area contributed by atoms with Crippen molar-refractivity contribution in [3.63, 3.8) is 0 Å². The molecule has 0 saturated heterocycles. The summed E-state index contributed by atoms with van der Waals surface area (Å²) in [6.45, 7) is 10.1. The fourth-order valence-electron chi connectivity index (χ4n) is 7.03. The van der Waals surface area contributed by atoms with Crippen molar-refractivity contribution in [2.45, 2.75) is 252 Å². The molecule has 0 saturated carbocycles. The van der Waals surface area contributed by atoms with Crippen LogP contribution in [0.25, 0.3) is 0 Å². The fourth-order valence-corrected chi connectivity index (χ4v) is 7.03. The monoisotopic (exact) mass is 722 g/mol. The molecule has 0 aromatic carbocycles. The van der Waals surface area contributed by atoms with Gasteiger partial charge in [-0.15, -0.1) is 0 Å². The molecular weight excluding hydrogens is 631 g/mol. The van der Waals surface area contributed by atoms with Crippen LogP contribution in [0, 0.1) is 0 Å². The lowest BCUT2D eigenvalue weighted by Gasteiger charge is -2.21. The predicted octanol–water partition coefficient (Wildman–Crippen LogP) is 14.5. The van der Waals surface area contributed by atoms with E-state index >= 15 is 0 Å². The number of hydrogen-bond acceptors (Lipinski definition) is 5. The van der Waals surface area contributed by atoms with E-state index in [0.29, 0.717) is 39.1 Å². The van der Waals surface area contributed by atoms with Gasteiger partial charge in [0.15, 0.2) is 0 Å². The molecule has 0 bridgehead atoms. The molecule has 0 N–H and O–H groups in total. The van der Waals surface area contributed by atoms with Gasteiger partial charge in [0.25, 0.3) is 0 Å². The van der Waals surface area contributed by atoms with Crippen molar-refractivity contribution in [1.82, 2.24) is 4.90 Å². The zero-order valence-electron chi connectivity index (χ0n) is 35.1. The van der Waals surface area contributed by atoms with Gasteiger partial charge >= 0.3 is 11.9 Å². The summed E-state index contributed by atoms with van der Waals surface area (Å²) in [5.41, 5.74) is 0. The molecule has 0 amide bonds. The SMILES string of the molecule is CCCCCCCCCCCCCCCCCCOC(=O)CCN(CCCC)CCC(=O)OCCCCCCCCCCCCCCCCCC. The molecule has 304 valence electrons. The first-order chi connectivity index (χ1) is 25.1. The van der Waals surface area contributed by atoms with E-state index in [1.54, 1.807) is 0 Å². The van der Waals surface area contributed by atoms with Gasteiger partial charge in [-0.2, -0.15) is 0 Å². The van der Waals surface area contributed by atoms with Crippen molar-refractivity contribution in [3.8, 4) is 0 Å². The van der Waals surface area contributed by atoms with Crippen LogP contribution >= 0.6 is 0 Å². The van der Waals surface area contributed by atoms with Gasteiger partial charge in [0, 0.05) is 13.1 Å². The Labute approximate surface area is 319 Å². The minimum atomic E-state index is -0.108. The van der Waals surface area contributed by atoms with E-state index in [9.17, 15) is 9.59 Å². The Balaban J connectivity index is 3.63. The lowest BCUT2D eigenvalue weighted by Crippen LogP contribution is -2.30. The third-order valence-electron chi connectivity index (χ3n) is 10.6. The second kappa shape index (κ2) is 43.3. The highest BCUT2D eigenvalue weighted by atomic mass is 16.5. The van der Waals surface area contributed by atoms with Gasteiger partial charge in [-0.3, -0.25) is 9.59 Å². The van der Waals surface area contributed by atoms with E-state index in [0.717, 1.165) is 45.1 Å². The molecule has 5 nitrogen and oxygen atoms in total. The number of hydrogen-bond donors (Lipinski definition) is 0. The molecule has 0 unspecified atom stereocenters. The topological polar surface area (TPSA) is 55.8 Å². The molecule has 0 aliphatic heterocycles. The number of rotatable bonds is 43. The molecule has 0 rings (SSSR count). The summed E-state index contributed by atoms with van der Waals surface area (Å²) in [5, 5.41) is 0. The van der Waals surface area contributed by atoms with Crippen LogP contribution in [0.4, 0.5) is 0 Å². The minimum absolute atomic E-state index is 0.108. The molecule has 0 radical (unpaired) electrons. The third-order valence-corrected chi connectivity index (χ3v) is 10.6. The van der Waals surface area contributed by atoms with Crippen LogP contribution in [0.1, 0.15) is 252 Å². The molecule has 0 aliphatic carbocycles. The summed E-state index contributed by atoms with van der Waals surface area (Å²) in [7, 11) is 0. The Hall–Kier alpha value is -1.10. The number of nitrogens with zero attached hydrogens (tertiary/aromatic N) is 1. The molecule has 0 aromatic heterocycles. The van der Waals surface area contributed by atoms with Gasteiger partial charge in [-0.25, -0.2) is 0 Å². The highest BCUT2D eigenvalue weighted by Gasteiger charge is 2.12. The van der Waals surface area contributed by atoms with Gasteiger partial charge in [-0.05, 0) is 25.8 Å². The van der Waals surface area contributed by atoms with Crippen LogP contribution in [0.2, 0.25) is 0 Å². The van der Waals surface area contributed by atoms with Crippen molar-refractivity contribution in [1.29, 1.82) is 0 Å². The maximum absolute atomic E-state index is 12.4. The molecule has 5 heteroatoms. The normalized spacial score (nSPS) is 11.5. The molecule has 0 atom stereocenters. The van der Waals surface area contributed by atoms with Gasteiger partial charge in [0.05, 0.1) is 26.1 Å². The van der Waals surface area contributed by atoms with Gasteiger partial charge in [-0.1, -0.05) is 220 Å². The Bertz CT molecular complexity index is 645. The van der Waals surface area contributed by atoms with Crippen LogP contribution in [0.5, 0.6) is 0 Å². The molecular formula is C46H91NO4. The molecule has 0 fully saturated rings. The van der Waals surface area contributed by atoms with E-state index < -0.39 is 0 Å². The van der Waals surface area contributed by atoms with Crippen molar-refractivity contribution in [2.24, 2.45) is 0 Å². The highest BCUT2D eigenvalue weighted by molar-refractivity contribution is 5.70. The Morgan fingerprint density at radius 2 is 0.549 bits per heavy atom. The van der Waals surface area contributed by atoms with E-state index in [4.69, 9.17) is 9.47 Å². The third kappa shape index (κ3) is 41.5. The first-order valence-corrected chi connectivity index (χ1v) is 23.2. The fraction of sp³-hybridized carbons (Fsp3) is 0.957. The quantitative estimate of drug-likeness (QED) is 0.0463. The summed E-state index contributed by atoms with van der Waals surface area (Å²) in [4.78, 5) is 27.0. The number of carbonyl (C=O) groups is 2. The Morgan fingerprint density at radius 1 is 0.314 bits per heavy atom. The van der Waals surface area contributed by atoms with Crippen molar-refractivity contribution < 1.29 is 19.1 Å². The second-order valence-corrected chi connectivity index (χ2v) is 15.7. The van der Waals surface area contributed by atoms with Gasteiger partial charge in [0.1, 0.15) is 0 Å². The lowest BCUT2D eigenvalue weighted by atomic mass is 10.0. The minimum Gasteiger partial charge on any atom is -0.466 e. The summed E-state index contributed by atoms with van der Waals surface area (Å²) in [6.07, 6.45) is 46.0. The van der Waals surface area contributed by atoms with Crippen molar-refractivity contribution in [3.05, 3.63) is 0 Å². The van der Waals surface area contributed by atoms with Gasteiger partial charge in [0.2, 0.25) is 0 Å². The van der Waals surface area contributed by atoms with E-state index in [1.807, 2.05) is 0 Å². The first kappa shape index (κ1) is 49.9. The zero-order chi connectivity index (χ0) is 37.1. The highest BCUT2D eigenvalue weighted by Crippen LogP contribution is 2.15. The number of esters is 2. The number of ether oxygens (including phenoxy) is 2. The van der Waals surface area contributed by atoms with E-state index in [-0.39, 0.29) is 11.9 Å². The smallest absolute Gasteiger partial charge is 0.307 e. The van der Waals surface area contributed by atoms with Crippen LogP contribution in [-0.2, 0) is 19.1 Å². The van der Waals surface area contributed by atoms with Crippen molar-refractivity contribution >= 4 is 11.9 Å². The van der Waals surface area contributed by atoms with E-state index in [1.165, 1.54) is 180 Å². The Morgan fingerprint density at radius 3 is 0.804 bits per heavy atom.